The van der Waals surface area contributed by atoms with Gasteiger partial charge < -0.3 is 4.74 Å². The Morgan fingerprint density at radius 1 is 1.12 bits per heavy atom. The lowest BCUT2D eigenvalue weighted by atomic mass is 10.0. The van der Waals surface area contributed by atoms with Crippen LogP contribution in [-0.2, 0) is 0 Å². The number of hydrogen-bond donors (Lipinski definition) is 2. The number of anilines is 1. The standard InChI is InChI=1S/C18H16Cl2N2O2/c1-18(2)8-7-11-9-12(3-6-16(11)24-18)17(23)22-21-15-5-4-13(19)10-14(15)20/h3-10,21H,1-2H3,(H,22,23). The molecule has 0 bridgehead atoms. The van der Waals surface area contributed by atoms with Crippen LogP contribution in [0.4, 0.5) is 5.69 Å². The molecule has 0 spiro atoms. The average molecular weight is 363 g/mol. The Morgan fingerprint density at radius 2 is 1.92 bits per heavy atom. The maximum Gasteiger partial charge on any atom is 0.269 e. The highest BCUT2D eigenvalue weighted by atomic mass is 35.5. The molecule has 1 aliphatic heterocycles. The third-order valence-electron chi connectivity index (χ3n) is 3.55. The monoisotopic (exact) mass is 362 g/mol. The predicted octanol–water partition coefficient (Wildman–Crippen LogP) is 4.93. The van der Waals surface area contributed by atoms with Crippen molar-refractivity contribution in [1.29, 1.82) is 0 Å². The fourth-order valence-electron chi connectivity index (χ4n) is 2.31. The number of hydrogen-bond acceptors (Lipinski definition) is 3. The molecule has 1 amide bonds. The molecule has 2 aromatic carbocycles. The fourth-order valence-corrected chi connectivity index (χ4v) is 2.76. The van der Waals surface area contributed by atoms with Crippen LogP contribution in [0.2, 0.25) is 10.0 Å². The minimum absolute atomic E-state index is 0.276. The number of amides is 1. The van der Waals surface area contributed by atoms with Gasteiger partial charge in [0.05, 0.1) is 10.7 Å². The highest BCUT2D eigenvalue weighted by Gasteiger charge is 2.22. The number of carbonyl (C=O) groups is 1. The molecular formula is C18H16Cl2N2O2. The number of benzene rings is 2. The van der Waals surface area contributed by atoms with Crippen LogP contribution in [0, 0.1) is 0 Å². The van der Waals surface area contributed by atoms with Gasteiger partial charge in [0.25, 0.3) is 5.91 Å². The van der Waals surface area contributed by atoms with Crippen molar-refractivity contribution in [2.24, 2.45) is 0 Å². The lowest BCUT2D eigenvalue weighted by Gasteiger charge is -2.27. The zero-order valence-corrected chi connectivity index (χ0v) is 14.7. The maximum absolute atomic E-state index is 12.3. The second-order valence-electron chi connectivity index (χ2n) is 5.99. The van der Waals surface area contributed by atoms with Gasteiger partial charge in [-0.05, 0) is 56.3 Å². The summed E-state index contributed by atoms with van der Waals surface area (Å²) in [7, 11) is 0. The lowest BCUT2D eigenvalue weighted by Crippen LogP contribution is -2.30. The first-order valence-electron chi connectivity index (χ1n) is 7.38. The van der Waals surface area contributed by atoms with Crippen LogP contribution in [-0.4, -0.2) is 11.5 Å². The van der Waals surface area contributed by atoms with E-state index in [1.165, 1.54) is 0 Å². The van der Waals surface area contributed by atoms with E-state index in [9.17, 15) is 4.79 Å². The van der Waals surface area contributed by atoms with E-state index in [-0.39, 0.29) is 11.5 Å². The number of nitrogens with one attached hydrogen (secondary N) is 2. The third-order valence-corrected chi connectivity index (χ3v) is 4.10. The second kappa shape index (κ2) is 6.38. The van der Waals surface area contributed by atoms with E-state index in [1.807, 2.05) is 26.0 Å². The molecule has 0 saturated carbocycles. The molecule has 4 nitrogen and oxygen atoms in total. The molecule has 2 aromatic rings. The first-order valence-corrected chi connectivity index (χ1v) is 8.13. The van der Waals surface area contributed by atoms with Gasteiger partial charge in [-0.15, -0.1) is 0 Å². The van der Waals surface area contributed by atoms with Crippen molar-refractivity contribution < 1.29 is 9.53 Å². The summed E-state index contributed by atoms with van der Waals surface area (Å²) in [5.74, 6) is 0.481. The Morgan fingerprint density at radius 3 is 2.67 bits per heavy atom. The highest BCUT2D eigenvalue weighted by molar-refractivity contribution is 6.36. The number of ether oxygens (including phenoxy) is 1. The molecule has 0 radical (unpaired) electrons. The second-order valence-corrected chi connectivity index (χ2v) is 6.84. The normalized spacial score (nSPS) is 14.5. The fraction of sp³-hybridized carbons (Fsp3) is 0.167. The molecule has 24 heavy (non-hydrogen) atoms. The summed E-state index contributed by atoms with van der Waals surface area (Å²) in [5, 5.41) is 0.952. The van der Waals surface area contributed by atoms with E-state index >= 15 is 0 Å². The van der Waals surface area contributed by atoms with Crippen LogP contribution < -0.4 is 15.6 Å². The number of halogens is 2. The van der Waals surface area contributed by atoms with Crippen LogP contribution in [0.25, 0.3) is 6.08 Å². The summed E-state index contributed by atoms with van der Waals surface area (Å²) in [6.07, 6.45) is 3.92. The molecule has 3 rings (SSSR count). The third kappa shape index (κ3) is 3.66. The van der Waals surface area contributed by atoms with Gasteiger partial charge in [-0.3, -0.25) is 15.6 Å². The molecule has 0 aliphatic carbocycles. The Kier molecular flexibility index (Phi) is 4.43. The molecule has 2 N–H and O–H groups in total. The van der Waals surface area contributed by atoms with E-state index in [2.05, 4.69) is 10.9 Å². The van der Waals surface area contributed by atoms with Crippen LogP contribution >= 0.6 is 23.2 Å². The van der Waals surface area contributed by atoms with Crippen molar-refractivity contribution >= 4 is 40.9 Å². The molecule has 124 valence electrons. The van der Waals surface area contributed by atoms with E-state index in [1.54, 1.807) is 36.4 Å². The minimum atomic E-state index is -0.344. The van der Waals surface area contributed by atoms with Gasteiger partial charge in [0, 0.05) is 16.1 Å². The summed E-state index contributed by atoms with van der Waals surface area (Å²) in [6.45, 7) is 3.96. The summed E-state index contributed by atoms with van der Waals surface area (Å²) in [5.41, 5.74) is 7.01. The van der Waals surface area contributed by atoms with Gasteiger partial charge >= 0.3 is 0 Å². The summed E-state index contributed by atoms with van der Waals surface area (Å²) >= 11 is 11.9. The van der Waals surface area contributed by atoms with Crippen molar-refractivity contribution in [2.45, 2.75) is 19.4 Å². The van der Waals surface area contributed by atoms with Crippen molar-refractivity contribution in [1.82, 2.24) is 5.43 Å². The van der Waals surface area contributed by atoms with E-state index in [0.717, 1.165) is 11.3 Å². The Labute approximate surface area is 150 Å². The zero-order chi connectivity index (χ0) is 17.3. The van der Waals surface area contributed by atoms with Gasteiger partial charge in [-0.25, -0.2) is 0 Å². The Hall–Kier alpha value is -2.17. The van der Waals surface area contributed by atoms with Gasteiger partial charge in [0.1, 0.15) is 11.4 Å². The molecule has 0 fully saturated rings. The smallest absolute Gasteiger partial charge is 0.269 e. The zero-order valence-electron chi connectivity index (χ0n) is 13.2. The molecule has 0 saturated heterocycles. The van der Waals surface area contributed by atoms with Crippen LogP contribution in [0.15, 0.2) is 42.5 Å². The van der Waals surface area contributed by atoms with E-state index in [4.69, 9.17) is 27.9 Å². The lowest BCUT2D eigenvalue weighted by molar-refractivity contribution is 0.0962. The molecule has 1 aliphatic rings. The minimum Gasteiger partial charge on any atom is -0.483 e. The summed E-state index contributed by atoms with van der Waals surface area (Å²) in [4.78, 5) is 12.3. The SMILES string of the molecule is CC1(C)C=Cc2cc(C(=O)NNc3ccc(Cl)cc3Cl)ccc2O1. The molecule has 0 aromatic heterocycles. The first-order chi connectivity index (χ1) is 11.3. The molecule has 0 atom stereocenters. The average Bonchev–Trinajstić information content (AvgIpc) is 2.52. The molecular weight excluding hydrogens is 347 g/mol. The van der Waals surface area contributed by atoms with Crippen LogP contribution in [0.3, 0.4) is 0 Å². The summed E-state index contributed by atoms with van der Waals surface area (Å²) in [6, 6.07) is 10.3. The number of hydrazine groups is 1. The molecule has 6 heteroatoms. The quantitative estimate of drug-likeness (QED) is 0.760. The van der Waals surface area contributed by atoms with Crippen molar-refractivity contribution in [3.8, 4) is 5.75 Å². The van der Waals surface area contributed by atoms with Gasteiger partial charge in [0.15, 0.2) is 0 Å². The van der Waals surface area contributed by atoms with Crippen molar-refractivity contribution in [2.75, 3.05) is 5.43 Å². The Bertz CT molecular complexity index is 832. The van der Waals surface area contributed by atoms with Crippen LogP contribution in [0.1, 0.15) is 29.8 Å². The van der Waals surface area contributed by atoms with E-state index in [0.29, 0.717) is 21.3 Å². The Balaban J connectivity index is 1.72. The number of fused-ring (bicyclic) bond motifs is 1. The summed E-state index contributed by atoms with van der Waals surface area (Å²) < 4.78 is 5.85. The van der Waals surface area contributed by atoms with Crippen LogP contribution in [0.5, 0.6) is 5.75 Å². The number of rotatable bonds is 3. The largest absolute Gasteiger partial charge is 0.483 e. The number of carbonyl (C=O) groups excluding carboxylic acids is 1. The predicted molar refractivity (Wildman–Crippen MR) is 97.7 cm³/mol. The highest BCUT2D eigenvalue weighted by Crippen LogP contribution is 2.31. The van der Waals surface area contributed by atoms with Crippen molar-refractivity contribution in [3.05, 3.63) is 63.6 Å². The topological polar surface area (TPSA) is 50.4 Å². The van der Waals surface area contributed by atoms with E-state index < -0.39 is 0 Å². The van der Waals surface area contributed by atoms with Crippen molar-refractivity contribution in [3.63, 3.8) is 0 Å². The van der Waals surface area contributed by atoms with Gasteiger partial charge in [-0.1, -0.05) is 29.3 Å². The maximum atomic E-state index is 12.3. The molecule has 0 unspecified atom stereocenters. The van der Waals surface area contributed by atoms with Gasteiger partial charge in [0.2, 0.25) is 0 Å². The molecule has 1 heterocycles. The first kappa shape index (κ1) is 16.7. The van der Waals surface area contributed by atoms with Gasteiger partial charge in [-0.2, -0.15) is 0 Å².